The van der Waals surface area contributed by atoms with E-state index in [1.807, 2.05) is 18.2 Å². The Morgan fingerprint density at radius 3 is 2.79 bits per heavy atom. The van der Waals surface area contributed by atoms with E-state index in [0.29, 0.717) is 5.56 Å². The Bertz CT molecular complexity index is 651. The summed E-state index contributed by atoms with van der Waals surface area (Å²) in [6.07, 6.45) is 3.82. The van der Waals surface area contributed by atoms with Crippen molar-refractivity contribution in [2.24, 2.45) is 5.92 Å². The highest BCUT2D eigenvalue weighted by Gasteiger charge is 2.30. The van der Waals surface area contributed by atoms with E-state index >= 15 is 0 Å². The zero-order valence-electron chi connectivity index (χ0n) is 13.5. The monoisotopic (exact) mass is 326 g/mol. The van der Waals surface area contributed by atoms with Crippen molar-refractivity contribution in [3.8, 4) is 0 Å². The molecule has 2 N–H and O–H groups in total. The van der Waals surface area contributed by atoms with Gasteiger partial charge in [-0.15, -0.1) is 0 Å². The third kappa shape index (κ3) is 4.15. The lowest BCUT2D eigenvalue weighted by Crippen LogP contribution is -2.53. The summed E-state index contributed by atoms with van der Waals surface area (Å²) in [5, 5.41) is 20.1. The van der Waals surface area contributed by atoms with Gasteiger partial charge in [-0.05, 0) is 24.6 Å². The summed E-state index contributed by atoms with van der Waals surface area (Å²) in [7, 11) is 0. The number of carbonyl (C=O) groups is 1. The lowest BCUT2D eigenvalue weighted by molar-refractivity contribution is 0.0730. The molecule has 1 aromatic heterocycles. The number of carbonyl (C=O) groups excluding carboxylic acids is 1. The topological polar surface area (TPSA) is 78.4 Å². The van der Waals surface area contributed by atoms with E-state index in [9.17, 15) is 9.90 Å². The summed E-state index contributed by atoms with van der Waals surface area (Å²) < 4.78 is 0. The Labute approximate surface area is 141 Å². The molecule has 1 aliphatic heterocycles. The molecule has 3 rings (SSSR count). The van der Waals surface area contributed by atoms with Crippen molar-refractivity contribution in [1.82, 2.24) is 20.4 Å². The molecule has 1 aromatic carbocycles. The van der Waals surface area contributed by atoms with E-state index in [2.05, 4.69) is 32.5 Å². The number of piperidine rings is 1. The van der Waals surface area contributed by atoms with Crippen LogP contribution in [0.5, 0.6) is 0 Å². The van der Waals surface area contributed by atoms with Gasteiger partial charge in [0.15, 0.2) is 0 Å². The molecule has 2 heterocycles. The molecule has 1 aliphatic rings. The molecule has 126 valence electrons. The van der Waals surface area contributed by atoms with Crippen molar-refractivity contribution in [3.05, 3.63) is 59.9 Å². The number of nitrogens with zero attached hydrogens (tertiary/aromatic N) is 3. The Morgan fingerprint density at radius 2 is 2.08 bits per heavy atom. The van der Waals surface area contributed by atoms with Gasteiger partial charge in [0.05, 0.1) is 18.0 Å². The predicted molar refractivity (Wildman–Crippen MR) is 90.2 cm³/mol. The second-order valence-corrected chi connectivity index (χ2v) is 6.16. The molecule has 6 heteroatoms. The maximum absolute atomic E-state index is 12.4. The number of hydrogen-bond acceptors (Lipinski definition) is 5. The minimum atomic E-state index is -0.171. The van der Waals surface area contributed by atoms with E-state index < -0.39 is 0 Å². The SMILES string of the molecule is O=C(N[C@@H]1CN(Cc2ccccc2)CC[C@H]1CO)c1ccnnc1. The molecule has 0 radical (unpaired) electrons. The van der Waals surface area contributed by atoms with Gasteiger partial charge >= 0.3 is 0 Å². The number of nitrogens with one attached hydrogen (secondary N) is 1. The highest BCUT2D eigenvalue weighted by Crippen LogP contribution is 2.19. The van der Waals surface area contributed by atoms with Crippen LogP contribution in [0.1, 0.15) is 22.3 Å². The van der Waals surface area contributed by atoms with E-state index in [0.717, 1.165) is 26.1 Å². The Kier molecular flexibility index (Phi) is 5.51. The second kappa shape index (κ2) is 7.99. The number of amides is 1. The summed E-state index contributed by atoms with van der Waals surface area (Å²) in [5.74, 6) is -0.0920. The fourth-order valence-electron chi connectivity index (χ4n) is 3.11. The molecule has 0 bridgehead atoms. The molecule has 0 saturated carbocycles. The van der Waals surface area contributed by atoms with Gasteiger partial charge in [-0.3, -0.25) is 9.69 Å². The first-order valence-electron chi connectivity index (χ1n) is 8.21. The summed E-state index contributed by atoms with van der Waals surface area (Å²) in [5.41, 5.74) is 1.74. The van der Waals surface area contributed by atoms with Gasteiger partial charge in [-0.1, -0.05) is 30.3 Å². The van der Waals surface area contributed by atoms with Crippen LogP contribution in [0.25, 0.3) is 0 Å². The van der Waals surface area contributed by atoms with Gasteiger partial charge in [0, 0.05) is 31.7 Å². The number of likely N-dealkylation sites (tertiary alicyclic amines) is 1. The number of benzene rings is 1. The molecular formula is C18H22N4O2. The fourth-order valence-corrected chi connectivity index (χ4v) is 3.11. The molecule has 1 saturated heterocycles. The smallest absolute Gasteiger partial charge is 0.253 e. The summed E-state index contributed by atoms with van der Waals surface area (Å²) in [6, 6.07) is 11.8. The van der Waals surface area contributed by atoms with Crippen LogP contribution in [0.4, 0.5) is 0 Å². The Morgan fingerprint density at radius 1 is 1.25 bits per heavy atom. The number of rotatable bonds is 5. The van der Waals surface area contributed by atoms with Gasteiger partial charge in [0.25, 0.3) is 5.91 Å². The standard InChI is InChI=1S/C18H22N4O2/c23-13-16-7-9-22(11-14-4-2-1-3-5-14)12-17(16)21-18(24)15-6-8-19-20-10-15/h1-6,8,10,16-17,23H,7,9,11-13H2,(H,21,24)/t16-,17+/m0/s1. The maximum Gasteiger partial charge on any atom is 0.253 e. The fraction of sp³-hybridized carbons (Fsp3) is 0.389. The minimum absolute atomic E-state index is 0.0758. The van der Waals surface area contributed by atoms with Crippen LogP contribution in [-0.2, 0) is 6.54 Å². The van der Waals surface area contributed by atoms with Crippen LogP contribution in [0.3, 0.4) is 0 Å². The van der Waals surface area contributed by atoms with E-state index in [1.54, 1.807) is 6.07 Å². The Balaban J connectivity index is 1.64. The third-order valence-electron chi connectivity index (χ3n) is 4.49. The number of aliphatic hydroxyl groups excluding tert-OH is 1. The van der Waals surface area contributed by atoms with Gasteiger partial charge in [0.1, 0.15) is 0 Å². The van der Waals surface area contributed by atoms with Crippen LogP contribution >= 0.6 is 0 Å². The van der Waals surface area contributed by atoms with Gasteiger partial charge in [-0.25, -0.2) is 0 Å². The zero-order chi connectivity index (χ0) is 16.8. The van der Waals surface area contributed by atoms with Crippen LogP contribution in [0, 0.1) is 5.92 Å². The van der Waals surface area contributed by atoms with Crippen LogP contribution in [0.2, 0.25) is 0 Å². The minimum Gasteiger partial charge on any atom is -0.396 e. The average molecular weight is 326 g/mol. The molecule has 2 aromatic rings. The number of aliphatic hydroxyl groups is 1. The van der Waals surface area contributed by atoms with Crippen molar-refractivity contribution in [3.63, 3.8) is 0 Å². The highest BCUT2D eigenvalue weighted by molar-refractivity contribution is 5.93. The number of hydrogen-bond donors (Lipinski definition) is 2. The van der Waals surface area contributed by atoms with E-state index in [4.69, 9.17) is 0 Å². The van der Waals surface area contributed by atoms with E-state index in [1.165, 1.54) is 18.0 Å². The summed E-state index contributed by atoms with van der Waals surface area (Å²) in [6.45, 7) is 2.58. The first kappa shape index (κ1) is 16.5. The largest absolute Gasteiger partial charge is 0.396 e. The van der Waals surface area contributed by atoms with Crippen molar-refractivity contribution in [1.29, 1.82) is 0 Å². The zero-order valence-corrected chi connectivity index (χ0v) is 13.5. The van der Waals surface area contributed by atoms with E-state index in [-0.39, 0.29) is 24.5 Å². The maximum atomic E-state index is 12.4. The summed E-state index contributed by atoms with van der Waals surface area (Å²) >= 11 is 0. The molecule has 0 unspecified atom stereocenters. The number of aromatic nitrogens is 2. The second-order valence-electron chi connectivity index (χ2n) is 6.16. The van der Waals surface area contributed by atoms with Crippen LogP contribution in [0.15, 0.2) is 48.8 Å². The molecule has 24 heavy (non-hydrogen) atoms. The average Bonchev–Trinajstić information content (AvgIpc) is 2.63. The quantitative estimate of drug-likeness (QED) is 0.860. The molecule has 1 fully saturated rings. The molecule has 2 atom stereocenters. The molecule has 6 nitrogen and oxygen atoms in total. The van der Waals surface area contributed by atoms with Gasteiger partial charge in [0.2, 0.25) is 0 Å². The third-order valence-corrected chi connectivity index (χ3v) is 4.49. The van der Waals surface area contributed by atoms with Crippen molar-refractivity contribution in [2.45, 2.75) is 19.0 Å². The lowest BCUT2D eigenvalue weighted by atomic mass is 9.91. The van der Waals surface area contributed by atoms with Crippen molar-refractivity contribution >= 4 is 5.91 Å². The Hall–Kier alpha value is -2.31. The summed E-state index contributed by atoms with van der Waals surface area (Å²) in [4.78, 5) is 14.7. The molecule has 0 aliphatic carbocycles. The highest BCUT2D eigenvalue weighted by atomic mass is 16.3. The first-order valence-corrected chi connectivity index (χ1v) is 8.21. The predicted octanol–water partition coefficient (Wildman–Crippen LogP) is 1.09. The molecule has 1 amide bonds. The van der Waals surface area contributed by atoms with Crippen molar-refractivity contribution in [2.75, 3.05) is 19.7 Å². The normalized spacial score (nSPS) is 21.4. The lowest BCUT2D eigenvalue weighted by Gasteiger charge is -2.38. The first-order chi connectivity index (χ1) is 11.8. The van der Waals surface area contributed by atoms with Gasteiger partial charge < -0.3 is 10.4 Å². The molecular weight excluding hydrogens is 304 g/mol. The van der Waals surface area contributed by atoms with Crippen LogP contribution in [-0.4, -0.2) is 51.8 Å². The van der Waals surface area contributed by atoms with Crippen molar-refractivity contribution < 1.29 is 9.90 Å². The van der Waals surface area contributed by atoms with Crippen LogP contribution < -0.4 is 5.32 Å². The van der Waals surface area contributed by atoms with Gasteiger partial charge in [-0.2, -0.15) is 10.2 Å². The molecule has 0 spiro atoms.